The lowest BCUT2D eigenvalue weighted by molar-refractivity contribution is -0.0541. The molecule has 3 rings (SSSR count). The summed E-state index contributed by atoms with van der Waals surface area (Å²) in [4.78, 5) is 28.4. The van der Waals surface area contributed by atoms with Crippen molar-refractivity contribution in [3.63, 3.8) is 0 Å². The number of nitrogens with two attached hydrogens (primary N) is 1. The molecule has 12 nitrogen and oxygen atoms in total. The third kappa shape index (κ3) is 7.32. The lowest BCUT2D eigenvalue weighted by Crippen LogP contribution is -2.30. The van der Waals surface area contributed by atoms with E-state index in [9.17, 15) is 14.2 Å². The highest BCUT2D eigenvalue weighted by atomic mass is 31.2. The molecule has 1 aromatic heterocycles. The molecule has 1 fully saturated rings. The highest BCUT2D eigenvalue weighted by Gasteiger charge is 2.43. The Balaban J connectivity index is 1.79. The Morgan fingerprint density at radius 2 is 2.11 bits per heavy atom. The number of benzene rings is 1. The molecule has 2 aromatic rings. The molecule has 1 unspecified atom stereocenters. The van der Waals surface area contributed by atoms with E-state index in [2.05, 4.69) is 11.6 Å². The van der Waals surface area contributed by atoms with E-state index in [0.717, 1.165) is 0 Å². The summed E-state index contributed by atoms with van der Waals surface area (Å²) >= 11 is 0. The largest absolute Gasteiger partial charge is 0.475 e. The van der Waals surface area contributed by atoms with E-state index in [-0.39, 0.29) is 38.5 Å². The van der Waals surface area contributed by atoms with Gasteiger partial charge < -0.3 is 15.2 Å². The first-order chi connectivity index (χ1) is 16.8. The molecule has 1 aliphatic heterocycles. The SMILES string of the molecule is C=CCOP(=O)(OCCC#N)O[C@H]1C[C@H](n2ccc(N)nc2=O)O[C@@H]1COC(=O)c1ccccc1. The number of hydrogen-bond donors (Lipinski definition) is 1. The maximum Gasteiger partial charge on any atom is 0.475 e. The summed E-state index contributed by atoms with van der Waals surface area (Å²) in [5, 5.41) is 8.75. The molecule has 1 aromatic carbocycles. The summed E-state index contributed by atoms with van der Waals surface area (Å²) in [6, 6.07) is 11.6. The van der Waals surface area contributed by atoms with Crippen molar-refractivity contribution < 1.29 is 32.4 Å². The molecule has 35 heavy (non-hydrogen) atoms. The zero-order chi connectivity index (χ0) is 25.3. The minimum Gasteiger partial charge on any atom is -0.459 e. The van der Waals surface area contributed by atoms with Gasteiger partial charge in [-0.25, -0.2) is 14.2 Å². The van der Waals surface area contributed by atoms with Crippen LogP contribution in [0.3, 0.4) is 0 Å². The number of esters is 1. The molecule has 2 N–H and O–H groups in total. The maximum absolute atomic E-state index is 13.2. The molecule has 4 atom stereocenters. The van der Waals surface area contributed by atoms with E-state index in [1.807, 2.05) is 6.07 Å². The lowest BCUT2D eigenvalue weighted by atomic mass is 10.2. The molecule has 0 spiro atoms. The molecule has 2 heterocycles. The van der Waals surface area contributed by atoms with Gasteiger partial charge in [0.05, 0.1) is 31.3 Å². The van der Waals surface area contributed by atoms with Crippen molar-refractivity contribution in [3.8, 4) is 6.07 Å². The van der Waals surface area contributed by atoms with E-state index in [1.165, 1.54) is 22.9 Å². The number of carbonyl (C=O) groups is 1. The zero-order valence-electron chi connectivity index (χ0n) is 18.7. The number of nitriles is 1. The van der Waals surface area contributed by atoms with Crippen molar-refractivity contribution in [1.29, 1.82) is 5.26 Å². The lowest BCUT2D eigenvalue weighted by Gasteiger charge is -2.23. The zero-order valence-corrected chi connectivity index (χ0v) is 19.6. The Hall–Kier alpha value is -3.33. The first kappa shape index (κ1) is 26.3. The quantitative estimate of drug-likeness (QED) is 0.195. The second-order valence-corrected chi connectivity index (χ2v) is 8.91. The molecule has 0 saturated carbocycles. The van der Waals surface area contributed by atoms with Gasteiger partial charge in [-0.1, -0.05) is 24.3 Å². The molecular weight excluding hydrogens is 479 g/mol. The third-order valence-corrected chi connectivity index (χ3v) is 6.30. The van der Waals surface area contributed by atoms with Gasteiger partial charge in [0.2, 0.25) is 0 Å². The fourth-order valence-electron chi connectivity index (χ4n) is 3.20. The van der Waals surface area contributed by atoms with Gasteiger partial charge in [0.1, 0.15) is 30.9 Å². The van der Waals surface area contributed by atoms with Gasteiger partial charge in [0.15, 0.2) is 0 Å². The standard InChI is InChI=1S/C22H25N4O8P/c1-2-12-31-35(29,32-13-6-10-23)34-17-14-20(26-11-9-19(24)25-22(26)28)33-18(17)15-30-21(27)16-7-4-3-5-8-16/h2-5,7-9,11,17-18,20H,1,6,12-15H2,(H2,24,25,28)/t17-,18+,20+,35?/m0/s1. The number of anilines is 1. The van der Waals surface area contributed by atoms with Gasteiger partial charge in [0.25, 0.3) is 0 Å². The molecule has 0 aliphatic carbocycles. The first-order valence-corrected chi connectivity index (χ1v) is 12.1. The predicted molar refractivity (Wildman–Crippen MR) is 123 cm³/mol. The van der Waals surface area contributed by atoms with Gasteiger partial charge in [0, 0.05) is 12.6 Å². The van der Waals surface area contributed by atoms with Crippen molar-refractivity contribution in [2.75, 3.05) is 25.6 Å². The number of hydrogen-bond acceptors (Lipinski definition) is 11. The number of nitrogen functional groups attached to an aromatic ring is 1. The van der Waals surface area contributed by atoms with Crippen LogP contribution in [0.2, 0.25) is 0 Å². The van der Waals surface area contributed by atoms with Gasteiger partial charge in [-0.05, 0) is 18.2 Å². The van der Waals surface area contributed by atoms with Crippen molar-refractivity contribution >= 4 is 19.6 Å². The number of aromatic nitrogens is 2. The van der Waals surface area contributed by atoms with Gasteiger partial charge >= 0.3 is 19.5 Å². The van der Waals surface area contributed by atoms with E-state index in [1.54, 1.807) is 30.3 Å². The van der Waals surface area contributed by atoms with Crippen molar-refractivity contribution in [2.45, 2.75) is 31.3 Å². The normalized spacial score (nSPS) is 21.1. The van der Waals surface area contributed by atoms with Crippen LogP contribution in [0.25, 0.3) is 0 Å². The number of phosphoric ester groups is 1. The van der Waals surface area contributed by atoms with Crippen LogP contribution in [0.1, 0.15) is 29.4 Å². The second kappa shape index (κ2) is 12.4. The van der Waals surface area contributed by atoms with E-state index < -0.39 is 37.9 Å². The summed E-state index contributed by atoms with van der Waals surface area (Å²) in [5.74, 6) is -0.558. The predicted octanol–water partition coefficient (Wildman–Crippen LogP) is 2.60. The van der Waals surface area contributed by atoms with Crippen LogP contribution >= 0.6 is 7.82 Å². The Labute approximate surface area is 201 Å². The third-order valence-electron chi connectivity index (χ3n) is 4.81. The molecule has 1 aliphatic rings. The number of ether oxygens (including phenoxy) is 2. The van der Waals surface area contributed by atoms with Crippen LogP contribution < -0.4 is 11.4 Å². The molecule has 0 radical (unpaired) electrons. The second-order valence-electron chi connectivity index (χ2n) is 7.29. The van der Waals surface area contributed by atoms with Crippen molar-refractivity contribution in [2.24, 2.45) is 0 Å². The Morgan fingerprint density at radius 3 is 2.80 bits per heavy atom. The van der Waals surface area contributed by atoms with Gasteiger partial charge in [-0.2, -0.15) is 10.2 Å². The van der Waals surface area contributed by atoms with Crippen molar-refractivity contribution in [1.82, 2.24) is 9.55 Å². The van der Waals surface area contributed by atoms with Crippen molar-refractivity contribution in [3.05, 3.63) is 71.3 Å². The monoisotopic (exact) mass is 504 g/mol. The number of carbonyl (C=O) groups excluding carboxylic acids is 1. The summed E-state index contributed by atoms with van der Waals surface area (Å²) in [5.41, 5.74) is 5.23. The van der Waals surface area contributed by atoms with E-state index >= 15 is 0 Å². The molecule has 13 heteroatoms. The van der Waals surface area contributed by atoms with E-state index in [0.29, 0.717) is 5.56 Å². The summed E-state index contributed by atoms with van der Waals surface area (Å²) in [6.07, 6.45) is -0.0318. The smallest absolute Gasteiger partial charge is 0.459 e. The van der Waals surface area contributed by atoms with E-state index in [4.69, 9.17) is 34.0 Å². The van der Waals surface area contributed by atoms with Crippen LogP contribution in [0.15, 0.2) is 60.0 Å². The highest BCUT2D eigenvalue weighted by Crippen LogP contribution is 2.53. The topological polar surface area (TPSA) is 165 Å². The molecule has 0 amide bonds. The number of phosphoric acid groups is 1. The molecule has 1 saturated heterocycles. The Morgan fingerprint density at radius 1 is 1.34 bits per heavy atom. The number of nitrogens with zero attached hydrogens (tertiary/aromatic N) is 3. The maximum atomic E-state index is 13.2. The highest BCUT2D eigenvalue weighted by molar-refractivity contribution is 7.48. The minimum absolute atomic E-state index is 0.0299. The Bertz CT molecular complexity index is 1170. The van der Waals surface area contributed by atoms with Gasteiger partial charge in [-0.3, -0.25) is 18.1 Å². The summed E-state index contributed by atoms with van der Waals surface area (Å²) in [6.45, 7) is 2.89. The van der Waals surface area contributed by atoms with Crippen LogP contribution in [0, 0.1) is 11.3 Å². The average molecular weight is 504 g/mol. The first-order valence-electron chi connectivity index (χ1n) is 10.6. The van der Waals surface area contributed by atoms with Gasteiger partial charge in [-0.15, -0.1) is 6.58 Å². The van der Waals surface area contributed by atoms with Crippen LogP contribution in [0.5, 0.6) is 0 Å². The summed E-state index contributed by atoms with van der Waals surface area (Å²) < 4.78 is 41.8. The molecular formula is C22H25N4O8P. The average Bonchev–Trinajstić information content (AvgIpc) is 3.23. The van der Waals surface area contributed by atoms with Crippen LogP contribution in [-0.4, -0.2) is 47.5 Å². The Kier molecular flexibility index (Phi) is 9.31. The van der Waals surface area contributed by atoms with Crippen LogP contribution in [-0.2, 0) is 27.6 Å². The minimum atomic E-state index is -4.16. The van der Waals surface area contributed by atoms with Crippen LogP contribution in [0.4, 0.5) is 5.82 Å². The number of rotatable bonds is 12. The molecule has 0 bridgehead atoms. The fraction of sp³-hybridized carbons (Fsp3) is 0.364. The summed E-state index contributed by atoms with van der Waals surface area (Å²) in [7, 11) is -4.16. The molecule has 186 valence electrons. The fourth-order valence-corrected chi connectivity index (χ4v) is 4.56.